The number of aliphatic hydroxyl groups is 1. The first-order valence-corrected chi connectivity index (χ1v) is 16.9. The van der Waals surface area contributed by atoms with Crippen molar-refractivity contribution in [2.45, 2.75) is 69.4 Å². The van der Waals surface area contributed by atoms with Crippen LogP contribution < -0.4 is 14.8 Å². The molecule has 252 valence electrons. The Bertz CT molecular complexity index is 1490. The molecule has 0 spiro atoms. The van der Waals surface area contributed by atoms with Crippen LogP contribution in [0.3, 0.4) is 0 Å². The summed E-state index contributed by atoms with van der Waals surface area (Å²) in [6.45, 7) is 5.62. The number of aliphatic hydroxyl groups excluding tert-OH is 1. The first-order chi connectivity index (χ1) is 21.9. The maximum Gasteiger partial charge on any atom is 0.407 e. The molecule has 2 aromatic rings. The summed E-state index contributed by atoms with van der Waals surface area (Å²) in [5.74, 6) is 0.316. The lowest BCUT2D eigenvalue weighted by Crippen LogP contribution is -2.58. The topological polar surface area (TPSA) is 164 Å². The number of hydrogen-bond donors (Lipinski definition) is 3. The maximum absolute atomic E-state index is 14.3. The van der Waals surface area contributed by atoms with Crippen LogP contribution in [0.1, 0.15) is 39.2 Å². The highest BCUT2D eigenvalue weighted by Gasteiger charge is 2.49. The molecule has 3 N–H and O–H groups in total. The molecule has 5 atom stereocenters. The van der Waals surface area contributed by atoms with Gasteiger partial charge in [-0.3, -0.25) is 9.69 Å². The molecule has 3 aliphatic rings. The standard InChI is InChI=1S/C32H43N3O10S/c1-21(36)33-13-12-32(2,3)19-34(46(40,41)23-9-10-28-29(16-23)45-20-44-28)17-27(37)25(15-22-7-5-4-6-8-22)35(31(38)39)26-18-43-30-24(26)11-14-42-30/h4-10,16,24-27,30,37H,11-15,17-20H2,1-3H3,(H,33,36)(H,38,39)/t24-,25-,26-,27+,30+/m0/s1. The summed E-state index contributed by atoms with van der Waals surface area (Å²) in [6.07, 6.45) is -1.97. The van der Waals surface area contributed by atoms with Crippen LogP contribution in [0.5, 0.6) is 11.5 Å². The smallest absolute Gasteiger partial charge is 0.407 e. The Balaban J connectivity index is 1.48. The number of sulfonamides is 1. The summed E-state index contributed by atoms with van der Waals surface area (Å²) in [5.41, 5.74) is 0.150. The molecular weight excluding hydrogens is 618 g/mol. The average Bonchev–Trinajstić information content (AvgIpc) is 3.75. The SMILES string of the molecule is CC(=O)NCCC(C)(C)CN(C[C@@H](O)[C@H](Cc1ccccc1)N(C(=O)O)[C@H]1CO[C@H]2OCC[C@H]21)S(=O)(=O)c1ccc2c(c1)OCO2. The number of rotatable bonds is 14. The van der Waals surface area contributed by atoms with Gasteiger partial charge in [0.25, 0.3) is 0 Å². The van der Waals surface area contributed by atoms with E-state index in [4.69, 9.17) is 18.9 Å². The summed E-state index contributed by atoms with van der Waals surface area (Å²) >= 11 is 0. The zero-order valence-corrected chi connectivity index (χ0v) is 27.1. The maximum atomic E-state index is 14.3. The third-order valence-electron chi connectivity index (χ3n) is 8.83. The van der Waals surface area contributed by atoms with Gasteiger partial charge in [0.05, 0.1) is 36.3 Å². The summed E-state index contributed by atoms with van der Waals surface area (Å²) in [6, 6.07) is 11.9. The quantitative estimate of drug-likeness (QED) is 0.274. The van der Waals surface area contributed by atoms with Crippen molar-refractivity contribution < 1.29 is 47.2 Å². The molecule has 2 amide bonds. The first kappa shape index (κ1) is 33.9. The summed E-state index contributed by atoms with van der Waals surface area (Å²) in [4.78, 5) is 25.7. The Labute approximate surface area is 269 Å². The molecule has 13 nitrogen and oxygen atoms in total. The molecule has 0 aliphatic carbocycles. The Morgan fingerprint density at radius 2 is 1.83 bits per heavy atom. The van der Waals surface area contributed by atoms with Crippen LogP contribution in [0.4, 0.5) is 4.79 Å². The van der Waals surface area contributed by atoms with Crippen LogP contribution in [0.25, 0.3) is 0 Å². The zero-order valence-electron chi connectivity index (χ0n) is 26.3. The normalized spacial score (nSPS) is 22.0. The number of benzene rings is 2. The molecule has 0 radical (unpaired) electrons. The van der Waals surface area contributed by atoms with Gasteiger partial charge in [0.1, 0.15) is 0 Å². The molecule has 46 heavy (non-hydrogen) atoms. The highest BCUT2D eigenvalue weighted by molar-refractivity contribution is 7.89. The van der Waals surface area contributed by atoms with Crippen molar-refractivity contribution >= 4 is 22.0 Å². The summed E-state index contributed by atoms with van der Waals surface area (Å²) < 4.78 is 52.0. The number of amides is 2. The minimum Gasteiger partial charge on any atom is -0.465 e. The average molecular weight is 662 g/mol. The second kappa shape index (κ2) is 14.1. The van der Waals surface area contributed by atoms with Gasteiger partial charge in [-0.05, 0) is 42.4 Å². The minimum absolute atomic E-state index is 0.0172. The van der Waals surface area contributed by atoms with E-state index in [1.807, 2.05) is 44.2 Å². The lowest BCUT2D eigenvalue weighted by Gasteiger charge is -2.40. The molecule has 0 aromatic heterocycles. The first-order valence-electron chi connectivity index (χ1n) is 15.5. The highest BCUT2D eigenvalue weighted by Crippen LogP contribution is 2.38. The number of nitrogens with zero attached hydrogens (tertiary/aromatic N) is 2. The zero-order chi connectivity index (χ0) is 33.1. The summed E-state index contributed by atoms with van der Waals surface area (Å²) in [5, 5.41) is 25.3. The van der Waals surface area contributed by atoms with E-state index in [0.717, 1.165) is 5.56 Å². The van der Waals surface area contributed by atoms with Gasteiger partial charge in [-0.2, -0.15) is 4.31 Å². The van der Waals surface area contributed by atoms with Gasteiger partial charge in [-0.25, -0.2) is 13.2 Å². The monoisotopic (exact) mass is 661 g/mol. The van der Waals surface area contributed by atoms with Crippen molar-refractivity contribution in [1.82, 2.24) is 14.5 Å². The van der Waals surface area contributed by atoms with Crippen LogP contribution >= 0.6 is 0 Å². The number of ether oxygens (including phenoxy) is 4. The van der Waals surface area contributed by atoms with E-state index in [1.54, 1.807) is 0 Å². The van der Waals surface area contributed by atoms with E-state index in [9.17, 15) is 28.2 Å². The number of hydrogen-bond acceptors (Lipinski definition) is 9. The fourth-order valence-electron chi connectivity index (χ4n) is 6.43. The van der Waals surface area contributed by atoms with Crippen LogP contribution in [0.2, 0.25) is 0 Å². The van der Waals surface area contributed by atoms with Gasteiger partial charge in [0, 0.05) is 38.5 Å². The molecule has 2 fully saturated rings. The highest BCUT2D eigenvalue weighted by atomic mass is 32.2. The number of nitrogens with one attached hydrogen (secondary N) is 1. The van der Waals surface area contributed by atoms with Gasteiger partial charge in [0.2, 0.25) is 22.7 Å². The molecule has 0 saturated carbocycles. The number of carboxylic acid groups (broad SMARTS) is 1. The third kappa shape index (κ3) is 7.74. The van der Waals surface area contributed by atoms with E-state index >= 15 is 0 Å². The van der Waals surface area contributed by atoms with Gasteiger partial charge < -0.3 is 34.5 Å². The fraction of sp³-hybridized carbons (Fsp3) is 0.562. The molecule has 3 heterocycles. The van der Waals surface area contributed by atoms with Crippen molar-refractivity contribution in [3.05, 3.63) is 54.1 Å². The predicted octanol–water partition coefficient (Wildman–Crippen LogP) is 2.67. The minimum atomic E-state index is -4.24. The van der Waals surface area contributed by atoms with Gasteiger partial charge in [-0.1, -0.05) is 44.2 Å². The predicted molar refractivity (Wildman–Crippen MR) is 166 cm³/mol. The molecule has 5 rings (SSSR count). The van der Waals surface area contributed by atoms with E-state index in [0.29, 0.717) is 37.5 Å². The Hall–Kier alpha value is -3.43. The largest absolute Gasteiger partial charge is 0.465 e. The lowest BCUT2D eigenvalue weighted by molar-refractivity contribution is -0.119. The Kier molecular flexibility index (Phi) is 10.4. The number of carbonyl (C=O) groups excluding carboxylic acids is 1. The van der Waals surface area contributed by atoms with Crippen molar-refractivity contribution in [3.8, 4) is 11.5 Å². The molecule has 2 aromatic carbocycles. The van der Waals surface area contributed by atoms with Crippen LogP contribution in [-0.4, -0.2) is 104 Å². The van der Waals surface area contributed by atoms with Crippen LogP contribution in [0.15, 0.2) is 53.4 Å². The number of fused-ring (bicyclic) bond motifs is 2. The van der Waals surface area contributed by atoms with Crippen LogP contribution in [0, 0.1) is 11.3 Å². The van der Waals surface area contributed by atoms with E-state index in [1.165, 1.54) is 34.3 Å². The van der Waals surface area contributed by atoms with E-state index in [2.05, 4.69) is 5.32 Å². The van der Waals surface area contributed by atoms with Crippen molar-refractivity contribution in [2.24, 2.45) is 11.3 Å². The Morgan fingerprint density at radius 1 is 1.09 bits per heavy atom. The fourth-order valence-corrected chi connectivity index (χ4v) is 8.09. The van der Waals surface area contributed by atoms with Gasteiger partial charge >= 0.3 is 6.09 Å². The van der Waals surface area contributed by atoms with Crippen LogP contribution in [-0.2, 0) is 30.7 Å². The number of carbonyl (C=O) groups is 2. The van der Waals surface area contributed by atoms with Gasteiger partial charge in [-0.15, -0.1) is 0 Å². The second-order valence-corrected chi connectivity index (χ2v) is 14.8. The van der Waals surface area contributed by atoms with Gasteiger partial charge in [0.15, 0.2) is 17.8 Å². The van der Waals surface area contributed by atoms with Crippen molar-refractivity contribution in [2.75, 3.05) is 39.6 Å². The molecule has 0 bridgehead atoms. The molecule has 0 unspecified atom stereocenters. The van der Waals surface area contributed by atoms with Crippen molar-refractivity contribution in [1.29, 1.82) is 0 Å². The molecular formula is C32H43N3O10S. The molecule has 3 aliphatic heterocycles. The second-order valence-electron chi connectivity index (χ2n) is 12.8. The lowest BCUT2D eigenvalue weighted by atomic mass is 9.89. The molecule has 14 heteroatoms. The van der Waals surface area contributed by atoms with Crippen molar-refractivity contribution in [3.63, 3.8) is 0 Å². The Morgan fingerprint density at radius 3 is 2.54 bits per heavy atom. The summed E-state index contributed by atoms with van der Waals surface area (Å²) in [7, 11) is -4.24. The van der Waals surface area contributed by atoms with E-state index in [-0.39, 0.29) is 49.6 Å². The molecule has 2 saturated heterocycles. The van der Waals surface area contributed by atoms with E-state index < -0.39 is 46.0 Å². The third-order valence-corrected chi connectivity index (χ3v) is 10.6.